The van der Waals surface area contributed by atoms with Gasteiger partial charge in [0, 0.05) is 13.1 Å². The first-order valence-corrected chi connectivity index (χ1v) is 8.20. The van der Waals surface area contributed by atoms with Crippen molar-refractivity contribution in [3.05, 3.63) is 29.6 Å². The molecule has 1 fully saturated rings. The van der Waals surface area contributed by atoms with Crippen LogP contribution in [0.1, 0.15) is 25.3 Å². The number of sulfonamides is 1. The van der Waals surface area contributed by atoms with E-state index in [4.69, 9.17) is 0 Å². The van der Waals surface area contributed by atoms with Gasteiger partial charge < -0.3 is 5.11 Å². The molecule has 1 N–H and O–H groups in total. The van der Waals surface area contributed by atoms with Gasteiger partial charge in [0.2, 0.25) is 10.0 Å². The largest absolute Gasteiger partial charge is 0.393 e. The van der Waals surface area contributed by atoms with E-state index in [-0.39, 0.29) is 10.8 Å². The molecule has 0 saturated carbocycles. The maximum absolute atomic E-state index is 13.8. The van der Waals surface area contributed by atoms with Crippen molar-refractivity contribution >= 4 is 10.0 Å². The van der Waals surface area contributed by atoms with E-state index in [2.05, 4.69) is 0 Å². The Labute approximate surface area is 119 Å². The second kappa shape index (κ2) is 5.79. The van der Waals surface area contributed by atoms with Crippen molar-refractivity contribution in [1.82, 2.24) is 4.31 Å². The van der Waals surface area contributed by atoms with Crippen LogP contribution in [0.25, 0.3) is 0 Å². The number of hydrogen-bond acceptors (Lipinski definition) is 3. The molecule has 1 atom stereocenters. The maximum Gasteiger partial charge on any atom is 0.245 e. The van der Waals surface area contributed by atoms with Crippen molar-refractivity contribution in [3.63, 3.8) is 0 Å². The van der Waals surface area contributed by atoms with Crippen molar-refractivity contribution in [1.29, 1.82) is 0 Å². The Hall–Kier alpha value is -0.980. The molecule has 1 heterocycles. The van der Waals surface area contributed by atoms with Gasteiger partial charge in [-0.25, -0.2) is 12.8 Å². The smallest absolute Gasteiger partial charge is 0.245 e. The predicted octanol–water partition coefficient (Wildman–Crippen LogP) is 1.92. The minimum Gasteiger partial charge on any atom is -0.393 e. The standard InChI is InChI=1S/C14H20FNO3S/c1-10-3-4-13(15)14(9-10)20(18,19)16-7-5-12(6-8-16)11(2)17/h3-4,9,11-12,17H,5-8H2,1-2H3. The Morgan fingerprint density at radius 2 is 1.95 bits per heavy atom. The lowest BCUT2D eigenvalue weighted by molar-refractivity contribution is 0.0911. The highest BCUT2D eigenvalue weighted by atomic mass is 32.2. The molecule has 20 heavy (non-hydrogen) atoms. The Balaban J connectivity index is 2.22. The number of piperidine rings is 1. The van der Waals surface area contributed by atoms with Crippen LogP contribution in [0.4, 0.5) is 4.39 Å². The van der Waals surface area contributed by atoms with E-state index in [9.17, 15) is 17.9 Å². The lowest BCUT2D eigenvalue weighted by Crippen LogP contribution is -2.40. The Kier molecular flexibility index (Phi) is 4.46. The molecule has 1 aliphatic heterocycles. The van der Waals surface area contributed by atoms with Gasteiger partial charge in [-0.3, -0.25) is 0 Å². The third-order valence-corrected chi connectivity index (χ3v) is 5.80. The van der Waals surface area contributed by atoms with E-state index in [1.807, 2.05) is 0 Å². The molecule has 6 heteroatoms. The molecule has 1 unspecified atom stereocenters. The van der Waals surface area contributed by atoms with Gasteiger partial charge in [-0.15, -0.1) is 0 Å². The fourth-order valence-electron chi connectivity index (χ4n) is 2.55. The van der Waals surface area contributed by atoms with Crippen molar-refractivity contribution < 1.29 is 17.9 Å². The van der Waals surface area contributed by atoms with Gasteiger partial charge in [-0.1, -0.05) is 6.07 Å². The van der Waals surface area contributed by atoms with Gasteiger partial charge in [-0.2, -0.15) is 4.31 Å². The van der Waals surface area contributed by atoms with Crippen LogP contribution in [0.15, 0.2) is 23.1 Å². The van der Waals surface area contributed by atoms with E-state index >= 15 is 0 Å². The monoisotopic (exact) mass is 301 g/mol. The summed E-state index contributed by atoms with van der Waals surface area (Å²) in [6, 6.07) is 4.10. The van der Waals surface area contributed by atoms with Gasteiger partial charge in [-0.05, 0) is 50.3 Å². The normalized spacial score (nSPS) is 20.0. The molecule has 0 spiro atoms. The molecule has 0 aliphatic carbocycles. The van der Waals surface area contributed by atoms with E-state index in [1.165, 1.54) is 16.4 Å². The average molecular weight is 301 g/mol. The number of nitrogens with zero attached hydrogens (tertiary/aromatic N) is 1. The van der Waals surface area contributed by atoms with Crippen LogP contribution in [-0.2, 0) is 10.0 Å². The SMILES string of the molecule is Cc1ccc(F)c(S(=O)(=O)N2CCC(C(C)O)CC2)c1. The highest BCUT2D eigenvalue weighted by Crippen LogP contribution is 2.27. The minimum atomic E-state index is -3.79. The van der Waals surface area contributed by atoms with Crippen LogP contribution >= 0.6 is 0 Å². The maximum atomic E-state index is 13.8. The number of benzene rings is 1. The summed E-state index contributed by atoms with van der Waals surface area (Å²) in [4.78, 5) is -0.256. The second-order valence-electron chi connectivity index (χ2n) is 5.42. The molecule has 1 aromatic carbocycles. The number of aryl methyl sites for hydroxylation is 1. The van der Waals surface area contributed by atoms with E-state index < -0.39 is 21.9 Å². The van der Waals surface area contributed by atoms with Crippen LogP contribution in [-0.4, -0.2) is 37.0 Å². The number of aliphatic hydroxyl groups excluding tert-OH is 1. The molecule has 112 valence electrons. The second-order valence-corrected chi connectivity index (χ2v) is 7.32. The van der Waals surface area contributed by atoms with Gasteiger partial charge in [0.15, 0.2) is 0 Å². The van der Waals surface area contributed by atoms with Crippen molar-refractivity contribution in [2.75, 3.05) is 13.1 Å². The lowest BCUT2D eigenvalue weighted by atomic mass is 9.93. The first-order chi connectivity index (χ1) is 9.32. The zero-order valence-corrected chi connectivity index (χ0v) is 12.5. The Morgan fingerprint density at radius 1 is 1.35 bits per heavy atom. The quantitative estimate of drug-likeness (QED) is 0.928. The number of aliphatic hydroxyl groups is 1. The van der Waals surface area contributed by atoms with Crippen LogP contribution in [0, 0.1) is 18.7 Å². The van der Waals surface area contributed by atoms with E-state index in [0.29, 0.717) is 31.5 Å². The van der Waals surface area contributed by atoms with Crippen molar-refractivity contribution in [2.24, 2.45) is 5.92 Å². The summed E-state index contributed by atoms with van der Waals surface area (Å²) < 4.78 is 40.0. The molecular formula is C14H20FNO3S. The van der Waals surface area contributed by atoms with Crippen LogP contribution < -0.4 is 0 Å². The third-order valence-electron chi connectivity index (χ3n) is 3.89. The predicted molar refractivity (Wildman–Crippen MR) is 74.3 cm³/mol. The third kappa shape index (κ3) is 3.02. The van der Waals surface area contributed by atoms with E-state index in [1.54, 1.807) is 19.9 Å². The number of hydrogen-bond donors (Lipinski definition) is 1. The van der Waals surface area contributed by atoms with Crippen molar-refractivity contribution in [2.45, 2.75) is 37.7 Å². The highest BCUT2D eigenvalue weighted by molar-refractivity contribution is 7.89. The topological polar surface area (TPSA) is 57.6 Å². The van der Waals surface area contributed by atoms with Crippen LogP contribution in [0.5, 0.6) is 0 Å². The fourth-order valence-corrected chi connectivity index (χ4v) is 4.16. The first kappa shape index (κ1) is 15.4. The molecule has 0 aromatic heterocycles. The summed E-state index contributed by atoms with van der Waals surface area (Å²) in [5.41, 5.74) is 0.712. The lowest BCUT2D eigenvalue weighted by Gasteiger charge is -2.32. The van der Waals surface area contributed by atoms with Gasteiger partial charge in [0.1, 0.15) is 10.7 Å². The highest BCUT2D eigenvalue weighted by Gasteiger charge is 2.32. The summed E-state index contributed by atoms with van der Waals surface area (Å²) in [6.45, 7) is 4.10. The number of halogens is 1. The van der Waals surface area contributed by atoms with Crippen molar-refractivity contribution in [3.8, 4) is 0 Å². The average Bonchev–Trinajstić information content (AvgIpc) is 2.41. The molecule has 2 rings (SSSR count). The molecule has 1 aliphatic rings. The molecule has 0 amide bonds. The summed E-state index contributed by atoms with van der Waals surface area (Å²) in [5, 5.41) is 9.54. The molecular weight excluding hydrogens is 281 g/mol. The fraction of sp³-hybridized carbons (Fsp3) is 0.571. The van der Waals surface area contributed by atoms with E-state index in [0.717, 1.165) is 0 Å². The zero-order valence-electron chi connectivity index (χ0n) is 11.7. The van der Waals surface area contributed by atoms with Gasteiger partial charge >= 0.3 is 0 Å². The molecule has 1 saturated heterocycles. The van der Waals surface area contributed by atoms with Crippen LogP contribution in [0.3, 0.4) is 0 Å². The first-order valence-electron chi connectivity index (χ1n) is 6.76. The summed E-state index contributed by atoms with van der Waals surface area (Å²) in [6.07, 6.45) is 0.768. The van der Waals surface area contributed by atoms with Gasteiger partial charge in [0.05, 0.1) is 6.10 Å². The molecule has 4 nitrogen and oxygen atoms in total. The van der Waals surface area contributed by atoms with Gasteiger partial charge in [0.25, 0.3) is 0 Å². The zero-order chi connectivity index (χ0) is 14.9. The summed E-state index contributed by atoms with van der Waals surface area (Å²) in [7, 11) is -3.79. The molecule has 0 bridgehead atoms. The molecule has 1 aromatic rings. The summed E-state index contributed by atoms with van der Waals surface area (Å²) >= 11 is 0. The number of rotatable bonds is 3. The minimum absolute atomic E-state index is 0.115. The Morgan fingerprint density at radius 3 is 2.50 bits per heavy atom. The Bertz CT molecular complexity index is 578. The molecule has 0 radical (unpaired) electrons. The summed E-state index contributed by atoms with van der Waals surface area (Å²) in [5.74, 6) is -0.600. The van der Waals surface area contributed by atoms with Crippen LogP contribution in [0.2, 0.25) is 0 Å².